The third-order valence-corrected chi connectivity index (χ3v) is 5.24. The fraction of sp³-hybridized carbons (Fsp3) is 0.500. The summed E-state index contributed by atoms with van der Waals surface area (Å²) in [5, 5.41) is 0. The summed E-state index contributed by atoms with van der Waals surface area (Å²) >= 11 is 0. The molecule has 2 aromatic rings. The maximum Gasteiger partial charge on any atom is 0.330 e. The lowest BCUT2D eigenvalue weighted by atomic mass is 9.85. The first-order valence-corrected chi connectivity index (χ1v) is 9.30. The Hall–Kier alpha value is -2.28. The number of aromatic amines is 1. The summed E-state index contributed by atoms with van der Waals surface area (Å²) in [6, 6.07) is 3.54. The number of halogens is 2. The van der Waals surface area contributed by atoms with E-state index in [0.29, 0.717) is 29.2 Å². The molecule has 1 fully saturated rings. The quantitative estimate of drug-likeness (QED) is 0.838. The fourth-order valence-electron chi connectivity index (χ4n) is 3.66. The summed E-state index contributed by atoms with van der Waals surface area (Å²) in [7, 11) is 0. The molecular weight excluding hydrogens is 354 g/mol. The van der Waals surface area contributed by atoms with E-state index >= 15 is 0 Å². The van der Waals surface area contributed by atoms with Crippen LogP contribution in [0.5, 0.6) is 0 Å². The highest BCUT2D eigenvalue weighted by Gasteiger charge is 2.19. The first-order chi connectivity index (χ1) is 13.0. The van der Waals surface area contributed by atoms with Gasteiger partial charge in [0, 0.05) is 11.3 Å². The lowest BCUT2D eigenvalue weighted by molar-refractivity contribution is 0.0579. The van der Waals surface area contributed by atoms with Gasteiger partial charge in [-0.25, -0.2) is 13.6 Å². The Labute approximate surface area is 156 Å². The van der Waals surface area contributed by atoms with Gasteiger partial charge in [-0.3, -0.25) is 14.3 Å². The molecule has 0 amide bonds. The second-order valence-corrected chi connectivity index (χ2v) is 7.19. The van der Waals surface area contributed by atoms with E-state index < -0.39 is 17.3 Å². The number of rotatable bonds is 6. The molecule has 27 heavy (non-hydrogen) atoms. The Morgan fingerprint density at radius 3 is 2.59 bits per heavy atom. The van der Waals surface area contributed by atoms with Gasteiger partial charge in [-0.1, -0.05) is 38.2 Å². The van der Waals surface area contributed by atoms with E-state index in [0.717, 1.165) is 25.0 Å². The van der Waals surface area contributed by atoms with Gasteiger partial charge in [-0.2, -0.15) is 0 Å². The Morgan fingerprint density at radius 2 is 1.89 bits per heavy atom. The zero-order chi connectivity index (χ0) is 19.4. The number of hydrogen-bond donors (Lipinski definition) is 1. The summed E-state index contributed by atoms with van der Waals surface area (Å²) < 4.78 is 33.3. The number of hydrogen-bond acceptors (Lipinski definition) is 3. The number of nitrogens with zero attached hydrogens (tertiary/aromatic N) is 1. The molecule has 1 N–H and O–H groups in total. The van der Waals surface area contributed by atoms with Crippen LogP contribution in [-0.2, 0) is 24.5 Å². The number of nitrogens with one attached hydrogen (secondary N) is 1. The molecule has 0 unspecified atom stereocenters. The molecule has 5 nitrogen and oxygen atoms in total. The molecule has 1 aliphatic carbocycles. The van der Waals surface area contributed by atoms with Gasteiger partial charge in [0.2, 0.25) is 0 Å². The molecule has 0 bridgehead atoms. The van der Waals surface area contributed by atoms with Crippen molar-refractivity contribution >= 4 is 0 Å². The minimum atomic E-state index is -0.939. The molecule has 0 atom stereocenters. The molecule has 0 radical (unpaired) electrons. The number of H-pyrrole nitrogens is 1. The normalized spacial score (nSPS) is 15.2. The highest BCUT2D eigenvalue weighted by molar-refractivity contribution is 5.18. The van der Waals surface area contributed by atoms with E-state index in [1.165, 1.54) is 29.9 Å². The summed E-state index contributed by atoms with van der Waals surface area (Å²) in [6.07, 6.45) is 6.42. The van der Waals surface area contributed by atoms with Crippen molar-refractivity contribution in [3.63, 3.8) is 0 Å². The Morgan fingerprint density at radius 1 is 1.15 bits per heavy atom. The van der Waals surface area contributed by atoms with Gasteiger partial charge in [-0.05, 0) is 37.0 Å². The predicted molar refractivity (Wildman–Crippen MR) is 97.5 cm³/mol. The molecule has 1 aromatic carbocycles. The van der Waals surface area contributed by atoms with Crippen LogP contribution in [0.25, 0.3) is 0 Å². The molecule has 7 heteroatoms. The van der Waals surface area contributed by atoms with Gasteiger partial charge in [-0.15, -0.1) is 0 Å². The molecule has 0 spiro atoms. The lowest BCUT2D eigenvalue weighted by Crippen LogP contribution is -2.36. The molecule has 146 valence electrons. The second kappa shape index (κ2) is 8.61. The van der Waals surface area contributed by atoms with E-state index in [2.05, 4.69) is 4.98 Å². The average molecular weight is 378 g/mol. The van der Waals surface area contributed by atoms with Gasteiger partial charge < -0.3 is 4.74 Å². The number of aromatic nitrogens is 2. The minimum absolute atomic E-state index is 0.0324. The first kappa shape index (κ1) is 19.5. The summed E-state index contributed by atoms with van der Waals surface area (Å²) in [4.78, 5) is 26.7. The van der Waals surface area contributed by atoms with Crippen molar-refractivity contribution in [3.8, 4) is 0 Å². The van der Waals surface area contributed by atoms with E-state index in [4.69, 9.17) is 4.74 Å². The topological polar surface area (TPSA) is 64.1 Å². The van der Waals surface area contributed by atoms with E-state index in [9.17, 15) is 18.4 Å². The van der Waals surface area contributed by atoms with Crippen LogP contribution in [0.4, 0.5) is 8.78 Å². The van der Waals surface area contributed by atoms with E-state index in [1.54, 1.807) is 6.92 Å². The van der Waals surface area contributed by atoms with Crippen LogP contribution in [0.2, 0.25) is 0 Å². The molecule has 1 heterocycles. The second-order valence-electron chi connectivity index (χ2n) is 7.19. The van der Waals surface area contributed by atoms with Crippen molar-refractivity contribution in [2.75, 3.05) is 0 Å². The van der Waals surface area contributed by atoms with Gasteiger partial charge in [0.15, 0.2) is 11.6 Å². The fourth-order valence-corrected chi connectivity index (χ4v) is 3.66. The van der Waals surface area contributed by atoms with E-state index in [-0.39, 0.29) is 18.9 Å². The maximum atomic E-state index is 13.3. The molecule has 0 aliphatic heterocycles. The van der Waals surface area contributed by atoms with Crippen molar-refractivity contribution in [2.45, 2.75) is 58.8 Å². The number of benzene rings is 1. The highest BCUT2D eigenvalue weighted by Crippen LogP contribution is 2.27. The smallest absolute Gasteiger partial charge is 0.330 e. The van der Waals surface area contributed by atoms with Crippen LogP contribution in [0.15, 0.2) is 27.8 Å². The summed E-state index contributed by atoms with van der Waals surface area (Å²) in [6.45, 7) is 1.68. The Balaban J connectivity index is 1.76. The van der Waals surface area contributed by atoms with Crippen LogP contribution in [0, 0.1) is 24.5 Å². The van der Waals surface area contributed by atoms with Crippen molar-refractivity contribution in [1.82, 2.24) is 9.55 Å². The minimum Gasteiger partial charge on any atom is -0.356 e. The zero-order valence-corrected chi connectivity index (χ0v) is 15.4. The largest absolute Gasteiger partial charge is 0.356 e. The molecule has 1 aromatic heterocycles. The first-order valence-electron chi connectivity index (χ1n) is 9.30. The SMILES string of the molecule is Cc1c(CC2CCCCC2)n(COCc2ccc(F)c(F)c2)c(=O)[nH]c1=O. The van der Waals surface area contributed by atoms with Crippen LogP contribution < -0.4 is 11.2 Å². The van der Waals surface area contributed by atoms with Gasteiger partial charge >= 0.3 is 5.69 Å². The molecule has 1 saturated carbocycles. The molecule has 1 aliphatic rings. The Kier molecular flexibility index (Phi) is 6.21. The monoisotopic (exact) mass is 378 g/mol. The molecule has 0 saturated heterocycles. The van der Waals surface area contributed by atoms with Crippen LogP contribution >= 0.6 is 0 Å². The summed E-state index contributed by atoms with van der Waals surface area (Å²) in [5.41, 5.74) is 0.804. The van der Waals surface area contributed by atoms with E-state index in [1.807, 2.05) is 0 Å². The standard InChI is InChI=1S/C20H24F2N2O3/c1-13-18(10-14-5-3-2-4-6-14)24(20(26)23-19(13)25)12-27-11-15-7-8-16(21)17(22)9-15/h7-9,14H,2-6,10-12H2,1H3,(H,23,25,26). The predicted octanol–water partition coefficient (Wildman–Crippen LogP) is 3.42. The third-order valence-electron chi connectivity index (χ3n) is 5.24. The third kappa shape index (κ3) is 4.71. The Bertz CT molecular complexity index is 914. The molecule has 3 rings (SSSR count). The maximum absolute atomic E-state index is 13.3. The van der Waals surface area contributed by atoms with Crippen molar-refractivity contribution in [2.24, 2.45) is 5.92 Å². The van der Waals surface area contributed by atoms with Crippen molar-refractivity contribution in [1.29, 1.82) is 0 Å². The average Bonchev–Trinajstić information content (AvgIpc) is 2.65. The van der Waals surface area contributed by atoms with Crippen LogP contribution in [0.3, 0.4) is 0 Å². The van der Waals surface area contributed by atoms with Crippen molar-refractivity contribution < 1.29 is 13.5 Å². The highest BCUT2D eigenvalue weighted by atomic mass is 19.2. The molecular formula is C20H24F2N2O3. The number of ether oxygens (including phenoxy) is 1. The van der Waals surface area contributed by atoms with Gasteiger partial charge in [0.05, 0.1) is 6.61 Å². The van der Waals surface area contributed by atoms with Gasteiger partial charge in [0.1, 0.15) is 6.73 Å². The zero-order valence-electron chi connectivity index (χ0n) is 15.4. The summed E-state index contributed by atoms with van der Waals surface area (Å²) in [5.74, 6) is -1.40. The van der Waals surface area contributed by atoms with Crippen LogP contribution in [0.1, 0.15) is 48.9 Å². The van der Waals surface area contributed by atoms with Gasteiger partial charge in [0.25, 0.3) is 5.56 Å². The lowest BCUT2D eigenvalue weighted by Gasteiger charge is -2.24. The van der Waals surface area contributed by atoms with Crippen molar-refractivity contribution in [3.05, 3.63) is 67.5 Å². The van der Waals surface area contributed by atoms with Crippen LogP contribution in [-0.4, -0.2) is 9.55 Å².